The molecule has 0 saturated carbocycles. The van der Waals surface area contributed by atoms with Crippen LogP contribution in [0.1, 0.15) is 0 Å². The summed E-state index contributed by atoms with van der Waals surface area (Å²) in [5.41, 5.74) is 0. The first-order chi connectivity index (χ1) is 6.27. The standard InChI is InChI=1S/C6H12F2O4S2/c1-11-3-4-13-6(7,8)5-12-14(2,9)10/h3-5H2,1-2H3. The fourth-order valence-corrected chi connectivity index (χ4v) is 1.62. The molecule has 0 heterocycles. The van der Waals surface area contributed by atoms with Crippen LogP contribution in [0.5, 0.6) is 0 Å². The summed E-state index contributed by atoms with van der Waals surface area (Å²) in [7, 11) is -2.42. The van der Waals surface area contributed by atoms with Gasteiger partial charge in [0.05, 0.1) is 12.9 Å². The first-order valence-corrected chi connectivity index (χ1v) is 6.42. The van der Waals surface area contributed by atoms with E-state index in [0.29, 0.717) is 11.8 Å². The lowest BCUT2D eigenvalue weighted by Gasteiger charge is -2.14. The van der Waals surface area contributed by atoms with E-state index in [2.05, 4.69) is 8.92 Å². The molecule has 86 valence electrons. The van der Waals surface area contributed by atoms with E-state index in [1.807, 2.05) is 0 Å². The molecule has 0 amide bonds. The van der Waals surface area contributed by atoms with Crippen molar-refractivity contribution in [2.75, 3.05) is 32.3 Å². The Bertz CT molecular complexity index is 253. The van der Waals surface area contributed by atoms with Crippen molar-refractivity contribution in [1.82, 2.24) is 0 Å². The second-order valence-corrected chi connectivity index (χ2v) is 5.38. The summed E-state index contributed by atoms with van der Waals surface area (Å²) in [5.74, 6) is 0.0800. The Kier molecular flexibility index (Phi) is 5.87. The molecule has 0 aromatic rings. The molecule has 0 bridgehead atoms. The molecule has 0 aliphatic rings. The third-order valence-electron chi connectivity index (χ3n) is 1.04. The maximum absolute atomic E-state index is 12.8. The van der Waals surface area contributed by atoms with Crippen LogP contribution < -0.4 is 0 Å². The lowest BCUT2D eigenvalue weighted by atomic mass is 10.8. The predicted molar refractivity (Wildman–Crippen MR) is 50.1 cm³/mol. The summed E-state index contributed by atoms with van der Waals surface area (Å²) >= 11 is 0.296. The van der Waals surface area contributed by atoms with E-state index >= 15 is 0 Å². The number of hydrogen-bond donors (Lipinski definition) is 0. The number of alkyl halides is 2. The molecule has 0 saturated heterocycles. The normalized spacial score (nSPS) is 13.1. The van der Waals surface area contributed by atoms with Gasteiger partial charge in [0.25, 0.3) is 10.1 Å². The lowest BCUT2D eigenvalue weighted by Crippen LogP contribution is -2.22. The van der Waals surface area contributed by atoms with E-state index in [-0.39, 0.29) is 12.4 Å². The van der Waals surface area contributed by atoms with Crippen LogP contribution in [0.3, 0.4) is 0 Å². The van der Waals surface area contributed by atoms with Gasteiger partial charge in [-0.2, -0.15) is 17.2 Å². The van der Waals surface area contributed by atoms with Crippen molar-refractivity contribution in [2.24, 2.45) is 0 Å². The first-order valence-electron chi connectivity index (χ1n) is 3.62. The maximum atomic E-state index is 12.8. The van der Waals surface area contributed by atoms with Gasteiger partial charge < -0.3 is 4.74 Å². The SMILES string of the molecule is COCCSC(F)(F)COS(C)(=O)=O. The summed E-state index contributed by atoms with van der Waals surface area (Å²) in [5, 5.41) is -3.21. The molecule has 0 aromatic heterocycles. The van der Waals surface area contributed by atoms with Crippen LogP contribution in [0.4, 0.5) is 8.78 Å². The summed E-state index contributed by atoms with van der Waals surface area (Å²) in [6, 6.07) is 0. The van der Waals surface area contributed by atoms with Crippen molar-refractivity contribution < 1.29 is 26.1 Å². The Labute approximate surface area is 86.1 Å². The van der Waals surface area contributed by atoms with Crippen LogP contribution in [-0.4, -0.2) is 46.0 Å². The van der Waals surface area contributed by atoms with Crippen LogP contribution in [-0.2, 0) is 19.0 Å². The van der Waals surface area contributed by atoms with Crippen molar-refractivity contribution >= 4 is 21.9 Å². The zero-order valence-corrected chi connectivity index (χ0v) is 9.46. The van der Waals surface area contributed by atoms with Gasteiger partial charge in [-0.3, -0.25) is 4.18 Å². The second-order valence-electron chi connectivity index (χ2n) is 2.44. The Hall–Kier alpha value is 0.0800. The molecule has 0 aromatic carbocycles. The van der Waals surface area contributed by atoms with Crippen LogP contribution >= 0.6 is 11.8 Å². The number of methoxy groups -OCH3 is 1. The molecular formula is C6H12F2O4S2. The van der Waals surface area contributed by atoms with Crippen LogP contribution in [0, 0.1) is 0 Å². The highest BCUT2D eigenvalue weighted by Crippen LogP contribution is 2.29. The molecule has 0 radical (unpaired) electrons. The summed E-state index contributed by atoms with van der Waals surface area (Å²) in [4.78, 5) is 0. The molecule has 0 unspecified atom stereocenters. The van der Waals surface area contributed by atoms with Gasteiger partial charge in [0.2, 0.25) is 0 Å². The molecule has 0 fully saturated rings. The van der Waals surface area contributed by atoms with Crippen LogP contribution in [0.15, 0.2) is 0 Å². The second kappa shape index (κ2) is 5.84. The Morgan fingerprint density at radius 2 is 2.00 bits per heavy atom. The van der Waals surface area contributed by atoms with E-state index in [4.69, 9.17) is 0 Å². The summed E-state index contributed by atoms with van der Waals surface area (Å²) in [6.45, 7) is -0.959. The third kappa shape index (κ3) is 8.67. The van der Waals surface area contributed by atoms with E-state index in [9.17, 15) is 17.2 Å². The molecule has 0 aliphatic heterocycles. The lowest BCUT2D eigenvalue weighted by molar-refractivity contribution is 0.0498. The molecule has 8 heteroatoms. The quantitative estimate of drug-likeness (QED) is 0.497. The third-order valence-corrected chi connectivity index (χ3v) is 2.50. The van der Waals surface area contributed by atoms with E-state index in [1.165, 1.54) is 7.11 Å². The minimum absolute atomic E-state index is 0.0800. The molecule has 0 aliphatic carbocycles. The highest BCUT2D eigenvalue weighted by molar-refractivity contribution is 8.00. The minimum atomic E-state index is -3.81. The zero-order chi connectivity index (χ0) is 11.2. The van der Waals surface area contributed by atoms with E-state index in [1.54, 1.807) is 0 Å². The van der Waals surface area contributed by atoms with E-state index in [0.717, 1.165) is 6.26 Å². The van der Waals surface area contributed by atoms with Crippen molar-refractivity contribution in [1.29, 1.82) is 0 Å². The minimum Gasteiger partial charge on any atom is -0.384 e. The fourth-order valence-electron chi connectivity index (χ4n) is 0.492. The maximum Gasteiger partial charge on any atom is 0.318 e. The van der Waals surface area contributed by atoms with E-state index < -0.39 is 22.0 Å². The fraction of sp³-hybridized carbons (Fsp3) is 1.00. The Morgan fingerprint density at radius 1 is 1.43 bits per heavy atom. The average Bonchev–Trinajstić information content (AvgIpc) is 2.00. The molecule has 14 heavy (non-hydrogen) atoms. The van der Waals surface area contributed by atoms with Gasteiger partial charge in [0.15, 0.2) is 0 Å². The summed E-state index contributed by atoms with van der Waals surface area (Å²) < 4.78 is 55.0. The van der Waals surface area contributed by atoms with Gasteiger partial charge in [-0.05, 0) is 0 Å². The van der Waals surface area contributed by atoms with Crippen molar-refractivity contribution in [3.8, 4) is 0 Å². The van der Waals surface area contributed by atoms with Crippen LogP contribution in [0.2, 0.25) is 0 Å². The van der Waals surface area contributed by atoms with Crippen molar-refractivity contribution in [3.63, 3.8) is 0 Å². The number of hydrogen-bond acceptors (Lipinski definition) is 5. The predicted octanol–water partition coefficient (Wildman–Crippen LogP) is 0.935. The first kappa shape index (κ1) is 14.1. The van der Waals surface area contributed by atoms with Gasteiger partial charge in [0, 0.05) is 12.9 Å². The van der Waals surface area contributed by atoms with Gasteiger partial charge in [-0.15, -0.1) is 0 Å². The molecule has 4 nitrogen and oxygen atoms in total. The molecule has 0 rings (SSSR count). The number of rotatable bonds is 7. The topological polar surface area (TPSA) is 52.6 Å². The Morgan fingerprint density at radius 3 is 2.43 bits per heavy atom. The van der Waals surface area contributed by atoms with Crippen molar-refractivity contribution in [2.45, 2.75) is 5.25 Å². The smallest absolute Gasteiger partial charge is 0.318 e. The van der Waals surface area contributed by atoms with Crippen molar-refractivity contribution in [3.05, 3.63) is 0 Å². The Balaban J connectivity index is 3.83. The van der Waals surface area contributed by atoms with Gasteiger partial charge in [-0.1, -0.05) is 11.8 Å². The number of thioether (sulfide) groups is 1. The van der Waals surface area contributed by atoms with Gasteiger partial charge >= 0.3 is 5.25 Å². The highest BCUT2D eigenvalue weighted by atomic mass is 32.2. The monoisotopic (exact) mass is 250 g/mol. The average molecular weight is 250 g/mol. The summed E-state index contributed by atoms with van der Waals surface area (Å²) in [6.07, 6.45) is 0.725. The van der Waals surface area contributed by atoms with Crippen LogP contribution in [0.25, 0.3) is 0 Å². The highest BCUT2D eigenvalue weighted by Gasteiger charge is 2.31. The largest absolute Gasteiger partial charge is 0.384 e. The zero-order valence-electron chi connectivity index (χ0n) is 7.83. The number of halogens is 2. The molecule has 0 spiro atoms. The molecule has 0 N–H and O–H groups in total. The molecule has 0 atom stereocenters. The molecular weight excluding hydrogens is 238 g/mol. The van der Waals surface area contributed by atoms with Gasteiger partial charge in [-0.25, -0.2) is 0 Å². The van der Waals surface area contributed by atoms with Gasteiger partial charge in [0.1, 0.15) is 6.61 Å². The number of ether oxygens (including phenoxy) is 1.